The number of nitrogens with one attached hydrogen (secondary N) is 1. The van der Waals surface area contributed by atoms with Crippen LogP contribution in [-0.2, 0) is 0 Å². The Morgan fingerprint density at radius 2 is 1.46 bits per heavy atom. The zero-order valence-corrected chi connectivity index (χ0v) is 13.6. The molecule has 0 radical (unpaired) electrons. The SMILES string of the molecule is CC(NC(c1ccccc1)c1cccc(N)c1)c1cccc(F)c1. The smallest absolute Gasteiger partial charge is 0.123 e. The molecule has 2 atom stereocenters. The Balaban J connectivity index is 1.93. The molecule has 0 aliphatic rings. The number of benzene rings is 3. The summed E-state index contributed by atoms with van der Waals surface area (Å²) in [4.78, 5) is 0. The van der Waals surface area contributed by atoms with Crippen LogP contribution in [0, 0.1) is 5.82 Å². The summed E-state index contributed by atoms with van der Waals surface area (Å²) in [6.07, 6.45) is 0. The molecule has 3 aromatic rings. The van der Waals surface area contributed by atoms with E-state index in [1.54, 1.807) is 12.1 Å². The molecule has 3 N–H and O–H groups in total. The number of rotatable bonds is 5. The third-order valence-corrected chi connectivity index (χ3v) is 4.14. The lowest BCUT2D eigenvalue weighted by atomic mass is 9.96. The minimum atomic E-state index is -0.221. The molecule has 0 aromatic heterocycles. The summed E-state index contributed by atoms with van der Waals surface area (Å²) in [5, 5.41) is 3.60. The van der Waals surface area contributed by atoms with Crippen LogP contribution in [0.5, 0.6) is 0 Å². The highest BCUT2D eigenvalue weighted by molar-refractivity contribution is 5.44. The number of anilines is 1. The summed E-state index contributed by atoms with van der Waals surface area (Å²) in [5.41, 5.74) is 9.84. The van der Waals surface area contributed by atoms with Crippen molar-refractivity contribution in [2.24, 2.45) is 0 Å². The maximum absolute atomic E-state index is 13.5. The first kappa shape index (κ1) is 16.2. The van der Waals surface area contributed by atoms with Crippen LogP contribution >= 0.6 is 0 Å². The minimum absolute atomic E-state index is 0.00710. The zero-order chi connectivity index (χ0) is 16.9. The van der Waals surface area contributed by atoms with Crippen molar-refractivity contribution in [1.82, 2.24) is 5.32 Å². The molecule has 122 valence electrons. The van der Waals surface area contributed by atoms with E-state index in [4.69, 9.17) is 5.73 Å². The largest absolute Gasteiger partial charge is 0.399 e. The average molecular weight is 320 g/mol. The standard InChI is InChI=1S/C21H21FN2/c1-15(17-9-5-11-19(22)13-17)24-21(16-7-3-2-4-8-16)18-10-6-12-20(23)14-18/h2-15,21,24H,23H2,1H3. The highest BCUT2D eigenvalue weighted by Gasteiger charge is 2.17. The molecule has 0 aliphatic carbocycles. The lowest BCUT2D eigenvalue weighted by Gasteiger charge is -2.25. The second-order valence-corrected chi connectivity index (χ2v) is 5.96. The fraction of sp³-hybridized carbons (Fsp3) is 0.143. The van der Waals surface area contributed by atoms with E-state index < -0.39 is 0 Å². The highest BCUT2D eigenvalue weighted by atomic mass is 19.1. The van der Waals surface area contributed by atoms with Crippen molar-refractivity contribution in [3.63, 3.8) is 0 Å². The van der Waals surface area contributed by atoms with Gasteiger partial charge in [0.1, 0.15) is 5.82 Å². The van der Waals surface area contributed by atoms with E-state index in [1.807, 2.05) is 49.4 Å². The van der Waals surface area contributed by atoms with Gasteiger partial charge >= 0.3 is 0 Å². The molecule has 0 saturated carbocycles. The predicted molar refractivity (Wildman–Crippen MR) is 97.1 cm³/mol. The van der Waals surface area contributed by atoms with E-state index in [9.17, 15) is 4.39 Å². The summed E-state index contributed by atoms with van der Waals surface area (Å²) in [7, 11) is 0. The third kappa shape index (κ3) is 3.81. The van der Waals surface area contributed by atoms with Crippen LogP contribution in [0.15, 0.2) is 78.9 Å². The summed E-state index contributed by atoms with van der Waals surface area (Å²) >= 11 is 0. The monoisotopic (exact) mass is 320 g/mol. The van der Waals surface area contributed by atoms with Crippen LogP contribution in [0.4, 0.5) is 10.1 Å². The number of nitrogen functional groups attached to an aromatic ring is 1. The van der Waals surface area contributed by atoms with E-state index in [-0.39, 0.29) is 17.9 Å². The molecule has 0 heterocycles. The molecule has 2 nitrogen and oxygen atoms in total. The van der Waals surface area contributed by atoms with Crippen LogP contribution in [0.25, 0.3) is 0 Å². The number of hydrogen-bond donors (Lipinski definition) is 2. The van der Waals surface area contributed by atoms with Gasteiger partial charge in [-0.25, -0.2) is 4.39 Å². The summed E-state index contributed by atoms with van der Waals surface area (Å²) in [6.45, 7) is 2.04. The first-order chi connectivity index (χ1) is 11.6. The molecule has 3 heteroatoms. The van der Waals surface area contributed by atoms with Gasteiger partial charge in [-0.2, -0.15) is 0 Å². The maximum atomic E-state index is 13.5. The normalized spacial score (nSPS) is 13.4. The Bertz CT molecular complexity index is 802. The topological polar surface area (TPSA) is 38.0 Å². The lowest BCUT2D eigenvalue weighted by molar-refractivity contribution is 0.513. The maximum Gasteiger partial charge on any atom is 0.123 e. The van der Waals surface area contributed by atoms with Crippen LogP contribution < -0.4 is 11.1 Å². The zero-order valence-electron chi connectivity index (χ0n) is 13.6. The van der Waals surface area contributed by atoms with Crippen molar-refractivity contribution in [3.8, 4) is 0 Å². The van der Waals surface area contributed by atoms with Gasteiger partial charge in [-0.05, 0) is 47.9 Å². The van der Waals surface area contributed by atoms with Gasteiger partial charge in [0.15, 0.2) is 0 Å². The van der Waals surface area contributed by atoms with Crippen LogP contribution in [-0.4, -0.2) is 0 Å². The van der Waals surface area contributed by atoms with Crippen molar-refractivity contribution in [1.29, 1.82) is 0 Å². The van der Waals surface area contributed by atoms with Crippen molar-refractivity contribution < 1.29 is 4.39 Å². The number of hydrogen-bond acceptors (Lipinski definition) is 2. The van der Waals surface area contributed by atoms with Crippen molar-refractivity contribution in [2.45, 2.75) is 19.0 Å². The van der Waals surface area contributed by atoms with E-state index in [0.717, 1.165) is 22.4 Å². The van der Waals surface area contributed by atoms with Gasteiger partial charge in [-0.15, -0.1) is 0 Å². The molecule has 3 aromatic carbocycles. The first-order valence-corrected chi connectivity index (χ1v) is 8.05. The molecular weight excluding hydrogens is 299 g/mol. The molecule has 2 unspecified atom stereocenters. The molecule has 0 spiro atoms. The Kier molecular flexibility index (Phi) is 4.92. The summed E-state index contributed by atoms with van der Waals surface area (Å²) in [6, 6.07) is 24.7. The highest BCUT2D eigenvalue weighted by Crippen LogP contribution is 2.27. The Hall–Kier alpha value is -2.65. The van der Waals surface area contributed by atoms with Gasteiger partial charge in [-0.3, -0.25) is 5.32 Å². The second-order valence-electron chi connectivity index (χ2n) is 5.96. The van der Waals surface area contributed by atoms with Gasteiger partial charge in [0.25, 0.3) is 0 Å². The van der Waals surface area contributed by atoms with Gasteiger partial charge < -0.3 is 5.73 Å². The van der Waals surface area contributed by atoms with Crippen molar-refractivity contribution in [2.75, 3.05) is 5.73 Å². The Morgan fingerprint density at radius 1 is 0.792 bits per heavy atom. The van der Waals surface area contributed by atoms with Crippen LogP contribution in [0.1, 0.15) is 35.7 Å². The van der Waals surface area contributed by atoms with Gasteiger partial charge in [-0.1, -0.05) is 54.6 Å². The first-order valence-electron chi connectivity index (χ1n) is 8.05. The van der Waals surface area contributed by atoms with Gasteiger partial charge in [0.05, 0.1) is 6.04 Å². The van der Waals surface area contributed by atoms with E-state index in [0.29, 0.717) is 0 Å². The lowest BCUT2D eigenvalue weighted by Crippen LogP contribution is -2.25. The number of nitrogens with two attached hydrogens (primary N) is 1. The summed E-state index contributed by atoms with van der Waals surface area (Å²) < 4.78 is 13.5. The molecule has 0 bridgehead atoms. The fourth-order valence-corrected chi connectivity index (χ4v) is 2.89. The quantitative estimate of drug-likeness (QED) is 0.660. The Morgan fingerprint density at radius 3 is 2.17 bits per heavy atom. The van der Waals surface area contributed by atoms with E-state index >= 15 is 0 Å². The molecule has 0 fully saturated rings. The number of halogens is 1. The van der Waals surface area contributed by atoms with E-state index in [2.05, 4.69) is 23.5 Å². The van der Waals surface area contributed by atoms with Crippen LogP contribution in [0.3, 0.4) is 0 Å². The van der Waals surface area contributed by atoms with Crippen LogP contribution in [0.2, 0.25) is 0 Å². The average Bonchev–Trinajstić information content (AvgIpc) is 2.60. The second kappa shape index (κ2) is 7.28. The van der Waals surface area contributed by atoms with E-state index in [1.165, 1.54) is 6.07 Å². The van der Waals surface area contributed by atoms with Gasteiger partial charge in [0.2, 0.25) is 0 Å². The third-order valence-electron chi connectivity index (χ3n) is 4.14. The van der Waals surface area contributed by atoms with Crippen molar-refractivity contribution in [3.05, 3.63) is 101 Å². The van der Waals surface area contributed by atoms with Gasteiger partial charge in [0, 0.05) is 11.7 Å². The molecule has 24 heavy (non-hydrogen) atoms. The molecule has 3 rings (SSSR count). The molecule has 0 saturated heterocycles. The molecule has 0 aliphatic heterocycles. The molecular formula is C21H21FN2. The predicted octanol–water partition coefficient (Wildman–Crippen LogP) is 4.85. The minimum Gasteiger partial charge on any atom is -0.399 e. The van der Waals surface area contributed by atoms with Crippen molar-refractivity contribution >= 4 is 5.69 Å². The fourth-order valence-electron chi connectivity index (χ4n) is 2.89. The molecule has 0 amide bonds. The summed E-state index contributed by atoms with van der Waals surface area (Å²) in [5.74, 6) is -0.221. The Labute approximate surface area is 142 Å².